The number of aromatic nitrogens is 1. The van der Waals surface area contributed by atoms with Gasteiger partial charge in [0.2, 0.25) is 0 Å². The maximum Gasteiger partial charge on any atom is 0.410 e. The van der Waals surface area contributed by atoms with E-state index in [0.717, 1.165) is 12.0 Å². The van der Waals surface area contributed by atoms with E-state index in [1.54, 1.807) is 45.3 Å². The fraction of sp³-hybridized carbons (Fsp3) is 0.450. The summed E-state index contributed by atoms with van der Waals surface area (Å²) in [6.07, 6.45) is 0.816. The number of thiazole rings is 1. The molecule has 9 nitrogen and oxygen atoms in total. The second kappa shape index (κ2) is 8.39. The normalized spacial score (nSPS) is 16.4. The van der Waals surface area contributed by atoms with Crippen molar-refractivity contribution in [2.75, 3.05) is 18.5 Å². The summed E-state index contributed by atoms with van der Waals surface area (Å²) >= 11 is 1.30. The van der Waals surface area contributed by atoms with Crippen molar-refractivity contribution in [1.29, 1.82) is 0 Å². The molecule has 0 N–H and O–H groups in total. The average Bonchev–Trinajstić information content (AvgIpc) is 3.35. The van der Waals surface area contributed by atoms with Crippen LogP contribution in [0.1, 0.15) is 33.6 Å². The van der Waals surface area contributed by atoms with Crippen LogP contribution in [-0.4, -0.2) is 52.0 Å². The Morgan fingerprint density at radius 3 is 2.57 bits per heavy atom. The highest BCUT2D eigenvalue weighted by atomic mass is 32.1. The van der Waals surface area contributed by atoms with Gasteiger partial charge in [-0.25, -0.2) is 9.78 Å². The molecule has 1 fully saturated rings. The summed E-state index contributed by atoms with van der Waals surface area (Å²) in [5.41, 5.74) is 0.721. The molecule has 3 rings (SSSR count). The van der Waals surface area contributed by atoms with Crippen LogP contribution in [0.2, 0.25) is 0 Å². The summed E-state index contributed by atoms with van der Waals surface area (Å²) in [6, 6.07) is 5.50. The zero-order valence-corrected chi connectivity index (χ0v) is 18.1. The topological polar surface area (TPSA) is 106 Å². The SMILES string of the molecule is CN(C(=O)[C@@H]1CCCN1C(=O)OC(C)(C)C)c1nc(-c2ccc([N+](=O)[O-])cc2)cs1. The minimum atomic E-state index is -0.631. The Kier molecular flexibility index (Phi) is 6.06. The Labute approximate surface area is 178 Å². The molecule has 2 aromatic rings. The zero-order chi connectivity index (χ0) is 22.1. The number of carbonyl (C=O) groups excluding carboxylic acids is 2. The van der Waals surface area contributed by atoms with Gasteiger partial charge in [0.05, 0.1) is 10.6 Å². The Hall–Kier alpha value is -3.01. The lowest BCUT2D eigenvalue weighted by Gasteiger charge is -2.29. The van der Waals surface area contributed by atoms with E-state index in [0.29, 0.717) is 23.8 Å². The molecule has 0 aliphatic carbocycles. The van der Waals surface area contributed by atoms with Crippen molar-refractivity contribution < 1.29 is 19.2 Å². The van der Waals surface area contributed by atoms with Crippen molar-refractivity contribution in [3.63, 3.8) is 0 Å². The monoisotopic (exact) mass is 432 g/mol. The first kappa shape index (κ1) is 21.7. The van der Waals surface area contributed by atoms with Gasteiger partial charge in [-0.15, -0.1) is 11.3 Å². The van der Waals surface area contributed by atoms with Crippen molar-refractivity contribution in [3.8, 4) is 11.3 Å². The molecular weight excluding hydrogens is 408 g/mol. The standard InChI is InChI=1S/C20H24N4O5S/c1-20(2,3)29-19(26)23-11-5-6-16(23)17(25)22(4)18-21-15(12-30-18)13-7-9-14(10-8-13)24(27)28/h7-10,12,16H,5-6,11H2,1-4H3/t16-/m0/s1. The van der Waals surface area contributed by atoms with E-state index in [4.69, 9.17) is 4.74 Å². The molecule has 0 radical (unpaired) electrons. The van der Waals surface area contributed by atoms with Gasteiger partial charge in [0, 0.05) is 36.7 Å². The minimum absolute atomic E-state index is 0.00460. The second-order valence-electron chi connectivity index (χ2n) is 8.05. The van der Waals surface area contributed by atoms with Crippen LogP contribution in [0.15, 0.2) is 29.6 Å². The molecule has 1 aliphatic rings. The third-order valence-corrected chi connectivity index (χ3v) is 5.57. The van der Waals surface area contributed by atoms with E-state index in [2.05, 4.69) is 4.98 Å². The maximum absolute atomic E-state index is 13.1. The Morgan fingerprint density at radius 1 is 1.30 bits per heavy atom. The van der Waals surface area contributed by atoms with Gasteiger partial charge in [0.1, 0.15) is 11.6 Å². The van der Waals surface area contributed by atoms with Gasteiger partial charge >= 0.3 is 6.09 Å². The lowest BCUT2D eigenvalue weighted by Crippen LogP contribution is -2.48. The quantitative estimate of drug-likeness (QED) is 0.532. The van der Waals surface area contributed by atoms with Crippen LogP contribution < -0.4 is 4.90 Å². The summed E-state index contributed by atoms with van der Waals surface area (Å²) in [5, 5.41) is 13.1. The highest BCUT2D eigenvalue weighted by Crippen LogP contribution is 2.30. The van der Waals surface area contributed by atoms with Crippen LogP contribution in [0, 0.1) is 10.1 Å². The first-order chi connectivity index (χ1) is 14.1. The maximum atomic E-state index is 13.1. The van der Waals surface area contributed by atoms with Crippen LogP contribution in [-0.2, 0) is 9.53 Å². The summed E-state index contributed by atoms with van der Waals surface area (Å²) < 4.78 is 5.43. The van der Waals surface area contributed by atoms with Crippen LogP contribution in [0.25, 0.3) is 11.3 Å². The lowest BCUT2D eigenvalue weighted by molar-refractivity contribution is -0.384. The minimum Gasteiger partial charge on any atom is -0.444 e. The van der Waals surface area contributed by atoms with E-state index in [1.807, 2.05) is 0 Å². The van der Waals surface area contributed by atoms with Crippen molar-refractivity contribution in [3.05, 3.63) is 39.8 Å². The number of rotatable bonds is 4. The van der Waals surface area contributed by atoms with Gasteiger partial charge < -0.3 is 4.74 Å². The Morgan fingerprint density at radius 2 is 1.97 bits per heavy atom. The van der Waals surface area contributed by atoms with Gasteiger partial charge in [-0.05, 0) is 45.7 Å². The largest absolute Gasteiger partial charge is 0.444 e. The molecule has 0 spiro atoms. The number of non-ortho nitro benzene ring substituents is 1. The Balaban J connectivity index is 1.73. The van der Waals surface area contributed by atoms with Crippen LogP contribution >= 0.6 is 11.3 Å². The lowest BCUT2D eigenvalue weighted by atomic mass is 10.1. The highest BCUT2D eigenvalue weighted by molar-refractivity contribution is 7.14. The summed E-state index contributed by atoms with van der Waals surface area (Å²) in [4.78, 5) is 43.3. The molecule has 0 bridgehead atoms. The first-order valence-corrected chi connectivity index (χ1v) is 10.4. The van der Waals surface area contributed by atoms with Crippen molar-refractivity contribution in [2.24, 2.45) is 0 Å². The van der Waals surface area contributed by atoms with Gasteiger partial charge in [-0.2, -0.15) is 0 Å². The van der Waals surface area contributed by atoms with E-state index in [1.165, 1.54) is 33.3 Å². The number of hydrogen-bond donors (Lipinski definition) is 0. The number of carbonyl (C=O) groups is 2. The van der Waals surface area contributed by atoms with Gasteiger partial charge in [0.25, 0.3) is 11.6 Å². The van der Waals surface area contributed by atoms with E-state index in [9.17, 15) is 19.7 Å². The number of anilines is 1. The number of nitro benzene ring substituents is 1. The van der Waals surface area contributed by atoms with E-state index in [-0.39, 0.29) is 11.6 Å². The number of hydrogen-bond acceptors (Lipinski definition) is 7. The van der Waals surface area contributed by atoms with E-state index < -0.39 is 22.7 Å². The van der Waals surface area contributed by atoms with Crippen molar-refractivity contribution in [2.45, 2.75) is 45.3 Å². The molecule has 1 aromatic heterocycles. The number of ether oxygens (including phenoxy) is 1. The van der Waals surface area contributed by atoms with Crippen molar-refractivity contribution in [1.82, 2.24) is 9.88 Å². The molecule has 160 valence electrons. The predicted molar refractivity (Wildman–Crippen MR) is 114 cm³/mol. The van der Waals surface area contributed by atoms with Crippen LogP contribution in [0.5, 0.6) is 0 Å². The molecule has 1 saturated heterocycles. The van der Waals surface area contributed by atoms with Crippen LogP contribution in [0.3, 0.4) is 0 Å². The third kappa shape index (κ3) is 4.76. The van der Waals surface area contributed by atoms with Gasteiger partial charge in [-0.3, -0.25) is 24.7 Å². The Bertz CT molecular complexity index is 951. The molecule has 0 saturated carbocycles. The smallest absolute Gasteiger partial charge is 0.410 e. The number of nitrogens with zero attached hydrogens (tertiary/aromatic N) is 4. The molecule has 1 atom stereocenters. The number of likely N-dealkylation sites (N-methyl/N-ethyl adjacent to an activating group) is 1. The summed E-state index contributed by atoms with van der Waals surface area (Å²) in [6.45, 7) is 5.85. The zero-order valence-electron chi connectivity index (χ0n) is 17.3. The average molecular weight is 433 g/mol. The summed E-state index contributed by atoms with van der Waals surface area (Å²) in [7, 11) is 1.63. The fourth-order valence-corrected chi connectivity index (χ4v) is 3.99. The fourth-order valence-electron chi connectivity index (χ4n) is 3.19. The summed E-state index contributed by atoms with van der Waals surface area (Å²) in [5.74, 6) is -0.219. The van der Waals surface area contributed by atoms with Gasteiger partial charge in [-0.1, -0.05) is 0 Å². The molecule has 30 heavy (non-hydrogen) atoms. The molecule has 10 heteroatoms. The molecule has 0 unspecified atom stereocenters. The first-order valence-electron chi connectivity index (χ1n) is 9.54. The highest BCUT2D eigenvalue weighted by Gasteiger charge is 2.38. The molecule has 1 aromatic carbocycles. The second-order valence-corrected chi connectivity index (χ2v) is 8.88. The number of benzene rings is 1. The predicted octanol–water partition coefficient (Wildman–Crippen LogP) is 4.08. The molecule has 1 aliphatic heterocycles. The number of amides is 2. The molecule has 2 heterocycles. The molecule has 2 amide bonds. The van der Waals surface area contributed by atoms with Gasteiger partial charge in [0.15, 0.2) is 5.13 Å². The van der Waals surface area contributed by atoms with Crippen LogP contribution in [0.4, 0.5) is 15.6 Å². The van der Waals surface area contributed by atoms with Crippen molar-refractivity contribution >= 4 is 34.2 Å². The molecular formula is C20H24N4O5S. The number of nitro groups is 1. The van der Waals surface area contributed by atoms with E-state index >= 15 is 0 Å². The third-order valence-electron chi connectivity index (χ3n) is 4.65. The number of likely N-dealkylation sites (tertiary alicyclic amines) is 1.